The summed E-state index contributed by atoms with van der Waals surface area (Å²) in [4.78, 5) is 0. The summed E-state index contributed by atoms with van der Waals surface area (Å²) in [7, 11) is 0. The lowest BCUT2D eigenvalue weighted by Gasteiger charge is -2.27. The Balaban J connectivity index is 2.15. The molecule has 2 saturated carbocycles. The van der Waals surface area contributed by atoms with Crippen molar-refractivity contribution < 1.29 is 10.2 Å². The Labute approximate surface area is 66.5 Å². The zero-order chi connectivity index (χ0) is 8.01. The SMILES string of the molecule is C=C[C@@H]1C[C@@H]2C[C@H]1[C@@H](O)[C@H]2O. The molecule has 0 amide bonds. The number of aliphatic hydroxyl groups is 2. The molecular weight excluding hydrogens is 140 g/mol. The fourth-order valence-electron chi connectivity index (χ4n) is 2.62. The first-order valence-electron chi connectivity index (χ1n) is 4.22. The number of aliphatic hydroxyl groups excluding tert-OH is 2. The molecule has 2 bridgehead atoms. The van der Waals surface area contributed by atoms with Crippen molar-refractivity contribution in [1.82, 2.24) is 0 Å². The normalized spacial score (nSPS) is 54.9. The van der Waals surface area contributed by atoms with Crippen molar-refractivity contribution >= 4 is 0 Å². The second-order valence-electron chi connectivity index (χ2n) is 3.78. The highest BCUT2D eigenvalue weighted by atomic mass is 16.3. The van der Waals surface area contributed by atoms with Crippen LogP contribution >= 0.6 is 0 Å². The summed E-state index contributed by atoms with van der Waals surface area (Å²) in [5.41, 5.74) is 0. The van der Waals surface area contributed by atoms with E-state index in [0.717, 1.165) is 12.8 Å². The van der Waals surface area contributed by atoms with Crippen molar-refractivity contribution in [2.45, 2.75) is 25.0 Å². The average Bonchev–Trinajstić information content (AvgIpc) is 2.53. The molecule has 2 fully saturated rings. The first kappa shape index (κ1) is 7.32. The molecule has 0 aliphatic heterocycles. The second-order valence-corrected chi connectivity index (χ2v) is 3.78. The Hall–Kier alpha value is -0.340. The summed E-state index contributed by atoms with van der Waals surface area (Å²) in [5, 5.41) is 18.9. The standard InChI is InChI=1S/C9H14O2/c1-2-5-3-6-4-7(5)9(11)8(6)10/h2,5-11H,1,3-4H2/t5-,6-,7-,8+,9-/m1/s1. The molecule has 0 radical (unpaired) electrons. The topological polar surface area (TPSA) is 40.5 Å². The fraction of sp³-hybridized carbons (Fsp3) is 0.778. The van der Waals surface area contributed by atoms with E-state index in [0.29, 0.717) is 11.8 Å². The molecule has 0 heterocycles. The highest BCUT2D eigenvalue weighted by molar-refractivity contribution is 5.05. The second kappa shape index (κ2) is 2.32. The Kier molecular flexibility index (Phi) is 1.55. The van der Waals surface area contributed by atoms with E-state index in [4.69, 9.17) is 0 Å². The van der Waals surface area contributed by atoms with Crippen LogP contribution in [0.5, 0.6) is 0 Å². The molecule has 2 rings (SSSR count). The number of rotatable bonds is 1. The van der Waals surface area contributed by atoms with E-state index in [1.165, 1.54) is 0 Å². The van der Waals surface area contributed by atoms with Crippen LogP contribution in [0.1, 0.15) is 12.8 Å². The third-order valence-corrected chi connectivity index (χ3v) is 3.27. The van der Waals surface area contributed by atoms with Crippen molar-refractivity contribution in [2.75, 3.05) is 0 Å². The van der Waals surface area contributed by atoms with Crippen molar-refractivity contribution in [3.63, 3.8) is 0 Å². The lowest BCUT2D eigenvalue weighted by molar-refractivity contribution is -0.0268. The first-order chi connectivity index (χ1) is 5.24. The third-order valence-electron chi connectivity index (χ3n) is 3.27. The van der Waals surface area contributed by atoms with Gasteiger partial charge in [0.05, 0.1) is 12.2 Å². The lowest BCUT2D eigenvalue weighted by Crippen LogP contribution is -2.35. The minimum atomic E-state index is -0.489. The van der Waals surface area contributed by atoms with Crippen LogP contribution in [0.3, 0.4) is 0 Å². The summed E-state index contributed by atoms with van der Waals surface area (Å²) >= 11 is 0. The average molecular weight is 154 g/mol. The minimum Gasteiger partial charge on any atom is -0.390 e. The highest BCUT2D eigenvalue weighted by Gasteiger charge is 2.50. The molecule has 62 valence electrons. The van der Waals surface area contributed by atoms with Gasteiger partial charge in [-0.05, 0) is 30.6 Å². The monoisotopic (exact) mass is 154 g/mol. The molecule has 11 heavy (non-hydrogen) atoms. The van der Waals surface area contributed by atoms with Gasteiger partial charge in [0.1, 0.15) is 0 Å². The quantitative estimate of drug-likeness (QED) is 0.541. The van der Waals surface area contributed by atoms with Crippen LogP contribution in [0.2, 0.25) is 0 Å². The molecule has 5 atom stereocenters. The van der Waals surface area contributed by atoms with E-state index in [1.54, 1.807) is 0 Å². The molecular formula is C9H14O2. The van der Waals surface area contributed by atoms with Gasteiger partial charge < -0.3 is 10.2 Å². The van der Waals surface area contributed by atoms with Crippen molar-refractivity contribution in [1.29, 1.82) is 0 Å². The van der Waals surface area contributed by atoms with E-state index in [2.05, 4.69) is 6.58 Å². The maximum Gasteiger partial charge on any atom is 0.0835 e. The van der Waals surface area contributed by atoms with Gasteiger partial charge in [0, 0.05) is 0 Å². The smallest absolute Gasteiger partial charge is 0.0835 e. The van der Waals surface area contributed by atoms with E-state index < -0.39 is 12.2 Å². The lowest BCUT2D eigenvalue weighted by atomic mass is 9.85. The largest absolute Gasteiger partial charge is 0.390 e. The number of hydrogen-bond acceptors (Lipinski definition) is 2. The van der Waals surface area contributed by atoms with Crippen LogP contribution in [0.4, 0.5) is 0 Å². The molecule has 2 heteroatoms. The van der Waals surface area contributed by atoms with E-state index in [9.17, 15) is 10.2 Å². The molecule has 0 aromatic rings. The summed E-state index contributed by atoms with van der Waals surface area (Å²) in [6, 6.07) is 0. The number of allylic oxidation sites excluding steroid dienone is 1. The summed E-state index contributed by atoms with van der Waals surface area (Å²) < 4.78 is 0. The van der Waals surface area contributed by atoms with Crippen molar-refractivity contribution in [3.05, 3.63) is 12.7 Å². The van der Waals surface area contributed by atoms with Crippen molar-refractivity contribution in [3.8, 4) is 0 Å². The van der Waals surface area contributed by atoms with Gasteiger partial charge in [0.15, 0.2) is 0 Å². The van der Waals surface area contributed by atoms with Crippen molar-refractivity contribution in [2.24, 2.45) is 17.8 Å². The predicted molar refractivity (Wildman–Crippen MR) is 41.9 cm³/mol. The minimum absolute atomic E-state index is 0.285. The van der Waals surface area contributed by atoms with Crippen LogP contribution in [-0.2, 0) is 0 Å². The predicted octanol–water partition coefficient (Wildman–Crippen LogP) is 0.550. The maximum absolute atomic E-state index is 9.49. The van der Waals surface area contributed by atoms with Gasteiger partial charge in [-0.1, -0.05) is 6.08 Å². The molecule has 0 aromatic heterocycles. The molecule has 2 nitrogen and oxygen atoms in total. The third kappa shape index (κ3) is 0.861. The maximum atomic E-state index is 9.49. The van der Waals surface area contributed by atoms with E-state index in [1.807, 2.05) is 6.08 Å². The van der Waals surface area contributed by atoms with Crippen LogP contribution < -0.4 is 0 Å². The van der Waals surface area contributed by atoms with Gasteiger partial charge in [0.2, 0.25) is 0 Å². The van der Waals surface area contributed by atoms with E-state index in [-0.39, 0.29) is 5.92 Å². The molecule has 0 unspecified atom stereocenters. The van der Waals surface area contributed by atoms with Crippen LogP contribution in [0.25, 0.3) is 0 Å². The summed E-state index contributed by atoms with van der Waals surface area (Å²) in [6.07, 6.45) is 2.97. The summed E-state index contributed by atoms with van der Waals surface area (Å²) in [5.74, 6) is 1.06. The van der Waals surface area contributed by atoms with Gasteiger partial charge in [-0.15, -0.1) is 6.58 Å². The summed E-state index contributed by atoms with van der Waals surface area (Å²) in [6.45, 7) is 3.73. The van der Waals surface area contributed by atoms with E-state index >= 15 is 0 Å². The Morgan fingerprint density at radius 1 is 1.18 bits per heavy atom. The van der Waals surface area contributed by atoms with Crippen LogP contribution in [0, 0.1) is 17.8 Å². The van der Waals surface area contributed by atoms with Gasteiger partial charge in [-0.25, -0.2) is 0 Å². The van der Waals surface area contributed by atoms with Gasteiger partial charge in [0.25, 0.3) is 0 Å². The molecule has 2 N–H and O–H groups in total. The van der Waals surface area contributed by atoms with Gasteiger partial charge in [-0.2, -0.15) is 0 Å². The van der Waals surface area contributed by atoms with Crippen LogP contribution in [-0.4, -0.2) is 22.4 Å². The molecule has 0 spiro atoms. The first-order valence-corrected chi connectivity index (χ1v) is 4.22. The molecule has 2 aliphatic carbocycles. The highest BCUT2D eigenvalue weighted by Crippen LogP contribution is 2.48. The molecule has 0 aromatic carbocycles. The fourth-order valence-corrected chi connectivity index (χ4v) is 2.62. The Morgan fingerprint density at radius 3 is 2.36 bits per heavy atom. The van der Waals surface area contributed by atoms with Crippen LogP contribution in [0.15, 0.2) is 12.7 Å². The zero-order valence-corrected chi connectivity index (χ0v) is 6.48. The van der Waals surface area contributed by atoms with Gasteiger partial charge >= 0.3 is 0 Å². The zero-order valence-electron chi connectivity index (χ0n) is 6.48. The number of fused-ring (bicyclic) bond motifs is 2. The molecule has 0 saturated heterocycles. The molecule has 2 aliphatic rings. The Bertz CT molecular complexity index is 176. The number of hydrogen-bond donors (Lipinski definition) is 2. The van der Waals surface area contributed by atoms with Gasteiger partial charge in [-0.3, -0.25) is 0 Å². The Morgan fingerprint density at radius 2 is 1.91 bits per heavy atom.